The van der Waals surface area contributed by atoms with Crippen LogP contribution in [-0.4, -0.2) is 39.8 Å². The third-order valence-electron chi connectivity index (χ3n) is 5.19. The van der Waals surface area contributed by atoms with Crippen LogP contribution in [0.25, 0.3) is 11.1 Å². The molecule has 2 atom stereocenters. The van der Waals surface area contributed by atoms with Gasteiger partial charge < -0.3 is 15.1 Å². The minimum absolute atomic E-state index is 0.0224. The summed E-state index contributed by atoms with van der Waals surface area (Å²) in [6.07, 6.45) is -1.24. The quantitative estimate of drug-likeness (QED) is 0.848. The van der Waals surface area contributed by atoms with Crippen LogP contribution in [0.1, 0.15) is 27.9 Å². The summed E-state index contributed by atoms with van der Waals surface area (Å²) in [5.74, 6) is -0.522. The van der Waals surface area contributed by atoms with E-state index in [-0.39, 0.29) is 28.9 Å². The molecule has 0 saturated carbocycles. The normalized spacial score (nSPS) is 23.4. The zero-order valence-corrected chi connectivity index (χ0v) is 14.1. The molecule has 2 aliphatic rings. The van der Waals surface area contributed by atoms with Crippen LogP contribution < -0.4 is 0 Å². The van der Waals surface area contributed by atoms with Crippen LogP contribution in [0.15, 0.2) is 54.7 Å². The fraction of sp³-hybridized carbons (Fsp3) is 0.250. The Kier molecular flexibility index (Phi) is 3.90. The molecule has 0 bridgehead atoms. The highest BCUT2D eigenvalue weighted by molar-refractivity contribution is 5.97. The molecule has 2 aromatic rings. The lowest BCUT2D eigenvalue weighted by molar-refractivity contribution is -0.246. The van der Waals surface area contributed by atoms with E-state index < -0.39 is 23.7 Å². The Hall–Kier alpha value is -2.64. The second-order valence-electron chi connectivity index (χ2n) is 6.68. The summed E-state index contributed by atoms with van der Waals surface area (Å²) in [6.45, 7) is -0.248. The molecular weight excluding hydrogens is 359 g/mol. The number of aliphatic hydroxyl groups excluding tert-OH is 1. The Morgan fingerprint density at radius 1 is 1.15 bits per heavy atom. The van der Waals surface area contributed by atoms with Crippen molar-refractivity contribution in [1.29, 1.82) is 0 Å². The van der Waals surface area contributed by atoms with E-state index in [1.165, 1.54) is 41.4 Å². The zero-order chi connectivity index (χ0) is 19.4. The van der Waals surface area contributed by atoms with E-state index in [0.29, 0.717) is 12.0 Å². The summed E-state index contributed by atoms with van der Waals surface area (Å²) in [4.78, 5) is 14.1. The van der Waals surface area contributed by atoms with Gasteiger partial charge in [-0.25, -0.2) is 0 Å². The van der Waals surface area contributed by atoms with Crippen molar-refractivity contribution in [2.24, 2.45) is 0 Å². The van der Waals surface area contributed by atoms with Crippen LogP contribution in [-0.2, 0) is 5.60 Å². The Morgan fingerprint density at radius 2 is 1.85 bits per heavy atom. The number of carbonyl (C=O) groups excluding carboxylic acids is 1. The number of amides is 1. The third-order valence-corrected chi connectivity index (χ3v) is 5.19. The average Bonchev–Trinajstić information content (AvgIpc) is 3.23. The maximum atomic E-state index is 13.9. The Morgan fingerprint density at radius 3 is 2.56 bits per heavy atom. The molecule has 2 aromatic carbocycles. The zero-order valence-electron chi connectivity index (χ0n) is 14.1. The van der Waals surface area contributed by atoms with E-state index in [0.717, 1.165) is 6.07 Å². The Bertz CT molecular complexity index is 954. The summed E-state index contributed by atoms with van der Waals surface area (Å²) in [6, 6.07) is 9.34. The van der Waals surface area contributed by atoms with E-state index in [2.05, 4.69) is 0 Å². The Labute approximate surface area is 153 Å². The summed E-state index contributed by atoms with van der Waals surface area (Å²) in [7, 11) is 0. The smallest absolute Gasteiger partial charge is 0.394 e. The van der Waals surface area contributed by atoms with Crippen molar-refractivity contribution in [3.05, 3.63) is 71.4 Å². The summed E-state index contributed by atoms with van der Waals surface area (Å²) < 4.78 is 41.6. The molecule has 1 heterocycles. The van der Waals surface area contributed by atoms with Crippen LogP contribution in [0.3, 0.4) is 0 Å². The lowest BCUT2D eigenvalue weighted by atomic mass is 9.90. The SMILES string of the molecule is O=C(c1ccc2c(c1)C(O)(C(F)(F)F)c1ccccc1-2)N1C=CCC1CO. The van der Waals surface area contributed by atoms with Crippen molar-refractivity contribution < 1.29 is 28.2 Å². The third kappa shape index (κ3) is 2.42. The second kappa shape index (κ2) is 5.94. The number of halogens is 3. The predicted octanol–water partition coefficient (Wildman–Crippen LogP) is 3.19. The van der Waals surface area contributed by atoms with Gasteiger partial charge in [-0.05, 0) is 29.7 Å². The molecule has 2 unspecified atom stereocenters. The molecule has 0 aromatic heterocycles. The number of hydrogen-bond acceptors (Lipinski definition) is 3. The van der Waals surface area contributed by atoms with Crippen molar-refractivity contribution in [1.82, 2.24) is 4.90 Å². The molecule has 0 fully saturated rings. The van der Waals surface area contributed by atoms with Gasteiger partial charge in [-0.2, -0.15) is 13.2 Å². The van der Waals surface area contributed by atoms with Gasteiger partial charge in [0.05, 0.1) is 12.6 Å². The number of alkyl halides is 3. The van der Waals surface area contributed by atoms with Crippen molar-refractivity contribution in [3.8, 4) is 11.1 Å². The molecule has 0 spiro atoms. The highest BCUT2D eigenvalue weighted by atomic mass is 19.4. The van der Waals surface area contributed by atoms with Gasteiger partial charge in [0, 0.05) is 22.9 Å². The molecule has 4 nitrogen and oxygen atoms in total. The number of aliphatic hydroxyl groups is 2. The molecule has 1 amide bonds. The molecule has 4 rings (SSSR count). The number of hydrogen-bond donors (Lipinski definition) is 2. The van der Waals surface area contributed by atoms with Gasteiger partial charge >= 0.3 is 6.18 Å². The second-order valence-corrected chi connectivity index (χ2v) is 6.68. The topological polar surface area (TPSA) is 60.8 Å². The van der Waals surface area contributed by atoms with Crippen molar-refractivity contribution in [2.75, 3.05) is 6.61 Å². The van der Waals surface area contributed by atoms with E-state index in [1.807, 2.05) is 0 Å². The summed E-state index contributed by atoms with van der Waals surface area (Å²) in [5, 5.41) is 20.1. The van der Waals surface area contributed by atoms with Gasteiger partial charge in [0.2, 0.25) is 5.60 Å². The molecule has 0 radical (unpaired) electrons. The minimum Gasteiger partial charge on any atom is -0.394 e. The van der Waals surface area contributed by atoms with Gasteiger partial charge in [0.25, 0.3) is 5.91 Å². The van der Waals surface area contributed by atoms with Crippen molar-refractivity contribution in [3.63, 3.8) is 0 Å². The predicted molar refractivity (Wildman–Crippen MR) is 91.7 cm³/mol. The highest BCUT2D eigenvalue weighted by Crippen LogP contribution is 2.55. The maximum Gasteiger partial charge on any atom is 0.425 e. The minimum atomic E-state index is -4.95. The van der Waals surface area contributed by atoms with E-state index >= 15 is 0 Å². The molecule has 7 heteroatoms. The molecule has 2 N–H and O–H groups in total. The first-order valence-electron chi connectivity index (χ1n) is 8.42. The first-order chi connectivity index (χ1) is 12.8. The molecule has 0 saturated heterocycles. The van der Waals surface area contributed by atoms with Crippen LogP contribution >= 0.6 is 0 Å². The van der Waals surface area contributed by atoms with Gasteiger partial charge in [-0.1, -0.05) is 36.4 Å². The fourth-order valence-electron chi connectivity index (χ4n) is 3.81. The van der Waals surface area contributed by atoms with Gasteiger partial charge in [0.15, 0.2) is 0 Å². The van der Waals surface area contributed by atoms with E-state index in [4.69, 9.17) is 0 Å². The monoisotopic (exact) mass is 375 g/mol. The molecule has 1 aliphatic carbocycles. The van der Waals surface area contributed by atoms with Crippen LogP contribution in [0.4, 0.5) is 13.2 Å². The molecular formula is C20H16F3NO3. The number of carbonyl (C=O) groups is 1. The van der Waals surface area contributed by atoms with Gasteiger partial charge in [-0.3, -0.25) is 4.79 Å². The average molecular weight is 375 g/mol. The summed E-state index contributed by atoms with van der Waals surface area (Å²) >= 11 is 0. The fourth-order valence-corrected chi connectivity index (χ4v) is 3.81. The van der Waals surface area contributed by atoms with E-state index in [1.54, 1.807) is 12.1 Å². The molecule has 27 heavy (non-hydrogen) atoms. The van der Waals surface area contributed by atoms with Gasteiger partial charge in [0.1, 0.15) is 0 Å². The lowest BCUT2D eigenvalue weighted by Crippen LogP contribution is -2.42. The van der Waals surface area contributed by atoms with Crippen LogP contribution in [0.2, 0.25) is 0 Å². The largest absolute Gasteiger partial charge is 0.425 e. The van der Waals surface area contributed by atoms with Crippen molar-refractivity contribution in [2.45, 2.75) is 24.2 Å². The standard InChI is InChI=1S/C20H16F3NO3/c21-20(22,23)19(27)16-6-2-1-5-14(16)15-8-7-12(10-17(15)19)18(26)24-9-3-4-13(24)11-25/h1-3,5-10,13,25,27H,4,11H2. The number of rotatable bonds is 2. The Balaban J connectivity index is 1.85. The number of fused-ring (bicyclic) bond motifs is 3. The highest BCUT2D eigenvalue weighted by Gasteiger charge is 2.60. The number of benzene rings is 2. The number of nitrogens with zero attached hydrogens (tertiary/aromatic N) is 1. The van der Waals surface area contributed by atoms with Crippen LogP contribution in [0, 0.1) is 0 Å². The van der Waals surface area contributed by atoms with E-state index in [9.17, 15) is 28.2 Å². The first-order valence-corrected chi connectivity index (χ1v) is 8.42. The molecule has 1 aliphatic heterocycles. The van der Waals surface area contributed by atoms with Crippen molar-refractivity contribution >= 4 is 5.91 Å². The summed E-state index contributed by atoms with van der Waals surface area (Å²) in [5.41, 5.74) is -3.21. The lowest BCUT2D eigenvalue weighted by Gasteiger charge is -2.29. The maximum absolute atomic E-state index is 13.9. The van der Waals surface area contributed by atoms with Crippen LogP contribution in [0.5, 0.6) is 0 Å². The van der Waals surface area contributed by atoms with Gasteiger partial charge in [-0.15, -0.1) is 0 Å². The first kappa shape index (κ1) is 17.8. The molecule has 140 valence electrons.